The summed E-state index contributed by atoms with van der Waals surface area (Å²) in [7, 11) is -1.99. The van der Waals surface area contributed by atoms with Crippen molar-refractivity contribution in [1.82, 2.24) is 15.5 Å². The number of sulfone groups is 1. The fourth-order valence-corrected chi connectivity index (χ4v) is 5.11. The fraction of sp³-hybridized carbons (Fsp3) is 0.542. The van der Waals surface area contributed by atoms with Crippen LogP contribution in [0, 0.1) is 0 Å². The molecule has 2 amide bonds. The third-order valence-electron chi connectivity index (χ3n) is 6.12. The molecule has 192 valence electrons. The van der Waals surface area contributed by atoms with Crippen LogP contribution >= 0.6 is 0 Å². The first-order valence-electron chi connectivity index (χ1n) is 11.7. The Morgan fingerprint density at radius 3 is 2.71 bits per heavy atom. The Labute approximate surface area is 206 Å². The molecule has 1 heterocycles. The van der Waals surface area contributed by atoms with E-state index in [1.165, 1.54) is 13.2 Å². The molecule has 1 aromatic heterocycles. The van der Waals surface area contributed by atoms with E-state index in [-0.39, 0.29) is 41.9 Å². The molecule has 0 aliphatic heterocycles. The summed E-state index contributed by atoms with van der Waals surface area (Å²) in [5.74, 6) is 0.184. The fourth-order valence-electron chi connectivity index (χ4n) is 4.13. The second-order valence-electron chi connectivity index (χ2n) is 9.07. The number of benzene rings is 1. The van der Waals surface area contributed by atoms with E-state index in [1.807, 2.05) is 13.8 Å². The Kier molecular flexibility index (Phi) is 8.90. The highest BCUT2D eigenvalue weighted by Crippen LogP contribution is 2.35. The summed E-state index contributed by atoms with van der Waals surface area (Å²) in [6.45, 7) is 4.20. The SMILES string of the molecule is CC[C@H](C)NC(=O)O[C@@H]1CC[C@H](c2cc(NC(=O)Cc3ccc(COC)cc3S(C)(=O)=O)[nH]n2)C1. The topological polar surface area (TPSA) is 139 Å². The van der Waals surface area contributed by atoms with Gasteiger partial charge in [-0.1, -0.05) is 19.1 Å². The van der Waals surface area contributed by atoms with Gasteiger partial charge in [0.25, 0.3) is 0 Å². The van der Waals surface area contributed by atoms with Crippen LogP contribution in [0.15, 0.2) is 29.2 Å². The van der Waals surface area contributed by atoms with E-state index in [0.29, 0.717) is 23.4 Å². The molecule has 2 aromatic rings. The molecular weight excluding hydrogens is 472 g/mol. The number of methoxy groups -OCH3 is 1. The predicted octanol–water partition coefficient (Wildman–Crippen LogP) is 3.30. The maximum atomic E-state index is 12.6. The molecule has 1 aliphatic rings. The van der Waals surface area contributed by atoms with Gasteiger partial charge in [-0.05, 0) is 49.8 Å². The zero-order valence-electron chi connectivity index (χ0n) is 20.6. The van der Waals surface area contributed by atoms with Crippen LogP contribution in [-0.4, -0.2) is 56.1 Å². The van der Waals surface area contributed by atoms with Crippen molar-refractivity contribution in [3.63, 3.8) is 0 Å². The number of H-pyrrole nitrogens is 1. The van der Waals surface area contributed by atoms with Gasteiger partial charge in [-0.2, -0.15) is 5.10 Å². The first-order valence-corrected chi connectivity index (χ1v) is 13.6. The quantitative estimate of drug-likeness (QED) is 0.449. The first kappa shape index (κ1) is 26.7. The molecule has 1 saturated carbocycles. The number of nitrogens with one attached hydrogen (secondary N) is 3. The number of carbonyl (C=O) groups is 2. The van der Waals surface area contributed by atoms with Crippen LogP contribution in [0.5, 0.6) is 0 Å². The Bertz CT molecular complexity index is 1150. The minimum Gasteiger partial charge on any atom is -0.446 e. The maximum Gasteiger partial charge on any atom is 0.407 e. The summed E-state index contributed by atoms with van der Waals surface area (Å²) < 4.78 is 35.1. The van der Waals surface area contributed by atoms with Crippen molar-refractivity contribution in [3.05, 3.63) is 41.1 Å². The van der Waals surface area contributed by atoms with Gasteiger partial charge in [0.2, 0.25) is 5.91 Å². The number of amides is 2. The Hall–Kier alpha value is -2.92. The lowest BCUT2D eigenvalue weighted by Crippen LogP contribution is -2.34. The largest absolute Gasteiger partial charge is 0.446 e. The summed E-state index contributed by atoms with van der Waals surface area (Å²) in [5, 5.41) is 12.7. The zero-order valence-corrected chi connectivity index (χ0v) is 21.4. The summed E-state index contributed by atoms with van der Waals surface area (Å²) >= 11 is 0. The molecule has 1 fully saturated rings. The molecule has 0 radical (unpaired) electrons. The lowest BCUT2D eigenvalue weighted by Gasteiger charge is -2.15. The van der Waals surface area contributed by atoms with Crippen molar-refractivity contribution in [2.24, 2.45) is 0 Å². The van der Waals surface area contributed by atoms with Gasteiger partial charge >= 0.3 is 6.09 Å². The zero-order chi connectivity index (χ0) is 25.6. The molecule has 0 bridgehead atoms. The smallest absolute Gasteiger partial charge is 0.407 e. The normalized spacial score (nSPS) is 18.7. The van der Waals surface area contributed by atoms with Gasteiger partial charge in [0.15, 0.2) is 9.84 Å². The standard InChI is InChI=1S/C24H34N4O6S/c1-5-15(2)25-24(30)34-19-9-8-17(11-19)20-13-22(28-27-20)26-23(29)12-18-7-6-16(14-33-3)10-21(18)35(4,31)32/h6-7,10,13,15,17,19H,5,8-9,11-12,14H2,1-4H3,(H,25,30)(H2,26,27,28,29)/t15-,17-,19+/m0/s1. The van der Waals surface area contributed by atoms with Crippen LogP contribution in [0.25, 0.3) is 0 Å². The molecule has 11 heteroatoms. The highest BCUT2D eigenvalue weighted by Gasteiger charge is 2.30. The number of rotatable bonds is 10. The summed E-state index contributed by atoms with van der Waals surface area (Å²) in [4.78, 5) is 24.7. The number of anilines is 1. The molecule has 3 rings (SSSR count). The molecule has 0 spiro atoms. The number of aromatic nitrogens is 2. The van der Waals surface area contributed by atoms with Crippen molar-refractivity contribution in [1.29, 1.82) is 0 Å². The van der Waals surface area contributed by atoms with E-state index >= 15 is 0 Å². The van der Waals surface area contributed by atoms with E-state index in [1.54, 1.807) is 18.2 Å². The number of aromatic amines is 1. The molecule has 35 heavy (non-hydrogen) atoms. The van der Waals surface area contributed by atoms with Crippen LogP contribution in [0.3, 0.4) is 0 Å². The summed E-state index contributed by atoms with van der Waals surface area (Å²) in [6.07, 6.45) is 3.52. The average Bonchev–Trinajstić information content (AvgIpc) is 3.43. The molecule has 1 aliphatic carbocycles. The van der Waals surface area contributed by atoms with Crippen LogP contribution in [0.2, 0.25) is 0 Å². The lowest BCUT2D eigenvalue weighted by atomic mass is 10.0. The van der Waals surface area contributed by atoms with Crippen molar-refractivity contribution in [2.45, 2.75) is 75.5 Å². The second-order valence-corrected chi connectivity index (χ2v) is 11.1. The molecule has 0 saturated heterocycles. The molecule has 0 unspecified atom stereocenters. The third-order valence-corrected chi connectivity index (χ3v) is 7.30. The van der Waals surface area contributed by atoms with Crippen LogP contribution in [0.4, 0.5) is 10.6 Å². The van der Waals surface area contributed by atoms with E-state index in [2.05, 4.69) is 20.8 Å². The number of ether oxygens (including phenoxy) is 2. The van der Waals surface area contributed by atoms with Gasteiger partial charge in [-0.3, -0.25) is 9.89 Å². The summed E-state index contributed by atoms with van der Waals surface area (Å²) in [5.41, 5.74) is 1.91. The lowest BCUT2D eigenvalue weighted by molar-refractivity contribution is -0.115. The molecule has 3 N–H and O–H groups in total. The van der Waals surface area contributed by atoms with Gasteiger partial charge in [0.1, 0.15) is 11.9 Å². The van der Waals surface area contributed by atoms with E-state index in [4.69, 9.17) is 9.47 Å². The Morgan fingerprint density at radius 1 is 1.26 bits per heavy atom. The summed E-state index contributed by atoms with van der Waals surface area (Å²) in [6, 6.07) is 6.75. The van der Waals surface area contributed by atoms with Gasteiger partial charge in [-0.25, -0.2) is 13.2 Å². The molecule has 10 nitrogen and oxygen atoms in total. The third kappa shape index (κ3) is 7.53. The minimum atomic E-state index is -3.52. The van der Waals surface area contributed by atoms with Crippen LogP contribution < -0.4 is 10.6 Å². The number of hydrogen-bond acceptors (Lipinski definition) is 7. The molecular formula is C24H34N4O6S. The average molecular weight is 507 g/mol. The van der Waals surface area contributed by atoms with Crippen molar-refractivity contribution in [3.8, 4) is 0 Å². The maximum absolute atomic E-state index is 12.6. The Morgan fingerprint density at radius 2 is 2.03 bits per heavy atom. The Balaban J connectivity index is 1.58. The highest BCUT2D eigenvalue weighted by molar-refractivity contribution is 7.90. The van der Waals surface area contributed by atoms with Crippen LogP contribution in [0.1, 0.15) is 62.3 Å². The van der Waals surface area contributed by atoms with Crippen molar-refractivity contribution >= 4 is 27.7 Å². The van der Waals surface area contributed by atoms with Crippen molar-refractivity contribution < 1.29 is 27.5 Å². The van der Waals surface area contributed by atoms with Gasteiger partial charge in [0, 0.05) is 31.4 Å². The van der Waals surface area contributed by atoms with E-state index < -0.39 is 15.9 Å². The van der Waals surface area contributed by atoms with Gasteiger partial charge in [0.05, 0.1) is 23.6 Å². The number of nitrogens with zero attached hydrogens (tertiary/aromatic N) is 1. The number of hydrogen-bond donors (Lipinski definition) is 3. The minimum absolute atomic E-state index is 0.0639. The van der Waals surface area contributed by atoms with E-state index in [9.17, 15) is 18.0 Å². The van der Waals surface area contributed by atoms with Crippen LogP contribution in [-0.2, 0) is 37.1 Å². The van der Waals surface area contributed by atoms with E-state index in [0.717, 1.165) is 31.2 Å². The predicted molar refractivity (Wildman–Crippen MR) is 131 cm³/mol. The highest BCUT2D eigenvalue weighted by atomic mass is 32.2. The first-order chi connectivity index (χ1) is 16.6. The monoisotopic (exact) mass is 506 g/mol. The number of alkyl carbamates (subject to hydrolysis) is 1. The second kappa shape index (κ2) is 11.7. The van der Waals surface area contributed by atoms with Gasteiger partial charge in [-0.15, -0.1) is 0 Å². The van der Waals surface area contributed by atoms with Gasteiger partial charge < -0.3 is 20.1 Å². The van der Waals surface area contributed by atoms with Crippen molar-refractivity contribution in [2.75, 3.05) is 18.7 Å². The number of carbonyl (C=O) groups excluding carboxylic acids is 2. The molecule has 3 atom stereocenters. The molecule has 1 aromatic carbocycles.